The minimum atomic E-state index is 0.0270. The van der Waals surface area contributed by atoms with E-state index in [2.05, 4.69) is 33.5 Å². The molecule has 23 heavy (non-hydrogen) atoms. The average Bonchev–Trinajstić information content (AvgIpc) is 3.16. The van der Waals surface area contributed by atoms with E-state index in [1.807, 2.05) is 19.3 Å². The number of aryl methyl sites for hydroxylation is 1. The smallest absolute Gasteiger partial charge is 0.0795 e. The molecule has 4 nitrogen and oxygen atoms in total. The molecular formula is C18H17N3OS. The Morgan fingerprint density at radius 3 is 3.04 bits per heavy atom. The van der Waals surface area contributed by atoms with E-state index in [-0.39, 0.29) is 6.61 Å². The molecule has 0 spiro atoms. The van der Waals surface area contributed by atoms with E-state index in [1.54, 1.807) is 17.5 Å². The zero-order valence-electron chi connectivity index (χ0n) is 12.8. The van der Waals surface area contributed by atoms with Gasteiger partial charge in [-0.3, -0.25) is 9.98 Å². The van der Waals surface area contributed by atoms with Gasteiger partial charge in [0.05, 0.1) is 21.9 Å². The fourth-order valence-electron chi connectivity index (χ4n) is 3.17. The van der Waals surface area contributed by atoms with Gasteiger partial charge in [-0.15, -0.1) is 11.3 Å². The van der Waals surface area contributed by atoms with Crippen LogP contribution in [0.5, 0.6) is 0 Å². The van der Waals surface area contributed by atoms with E-state index in [4.69, 9.17) is 0 Å². The van der Waals surface area contributed by atoms with Crippen molar-refractivity contribution in [2.45, 2.75) is 19.4 Å². The monoisotopic (exact) mass is 323 g/mol. The molecule has 0 unspecified atom stereocenters. The summed E-state index contributed by atoms with van der Waals surface area (Å²) in [4.78, 5) is 9.46. The molecule has 4 rings (SSSR count). The van der Waals surface area contributed by atoms with E-state index in [0.717, 1.165) is 39.2 Å². The highest BCUT2D eigenvalue weighted by Crippen LogP contribution is 2.37. The SMILES string of the molecule is CN=C1CCc2cc(Nc3c(CO)sc4cnccc34)ccc21. The normalized spacial score (nSPS) is 15.3. The molecule has 0 aliphatic heterocycles. The van der Waals surface area contributed by atoms with Gasteiger partial charge in [0.1, 0.15) is 0 Å². The molecule has 116 valence electrons. The summed E-state index contributed by atoms with van der Waals surface area (Å²) < 4.78 is 1.08. The first-order valence-corrected chi connectivity index (χ1v) is 8.44. The quantitative estimate of drug-likeness (QED) is 0.768. The molecule has 2 N–H and O–H groups in total. The number of nitrogens with zero attached hydrogens (tertiary/aromatic N) is 2. The maximum absolute atomic E-state index is 9.65. The van der Waals surface area contributed by atoms with Crippen molar-refractivity contribution in [3.8, 4) is 0 Å². The topological polar surface area (TPSA) is 57.5 Å². The second kappa shape index (κ2) is 5.76. The average molecular weight is 323 g/mol. The van der Waals surface area contributed by atoms with Gasteiger partial charge in [0.2, 0.25) is 0 Å². The lowest BCUT2D eigenvalue weighted by molar-refractivity contribution is 0.286. The summed E-state index contributed by atoms with van der Waals surface area (Å²) in [6.45, 7) is 0.0270. The van der Waals surface area contributed by atoms with Crippen LogP contribution in [0.1, 0.15) is 22.4 Å². The van der Waals surface area contributed by atoms with Gasteiger partial charge in [0.25, 0.3) is 0 Å². The number of hydrogen-bond acceptors (Lipinski definition) is 5. The van der Waals surface area contributed by atoms with Gasteiger partial charge in [-0.2, -0.15) is 0 Å². The maximum atomic E-state index is 9.65. The van der Waals surface area contributed by atoms with Crippen LogP contribution in [0, 0.1) is 0 Å². The minimum Gasteiger partial charge on any atom is -0.391 e. The Morgan fingerprint density at radius 2 is 2.22 bits per heavy atom. The fourth-order valence-corrected chi connectivity index (χ4v) is 4.16. The molecule has 5 heteroatoms. The number of aliphatic imine (C=N–C) groups is 1. The van der Waals surface area contributed by atoms with E-state index >= 15 is 0 Å². The molecule has 3 aromatic rings. The summed E-state index contributed by atoms with van der Waals surface area (Å²) >= 11 is 1.58. The van der Waals surface area contributed by atoms with Crippen LogP contribution in [-0.4, -0.2) is 22.8 Å². The van der Waals surface area contributed by atoms with Gasteiger partial charge < -0.3 is 10.4 Å². The van der Waals surface area contributed by atoms with Crippen LogP contribution < -0.4 is 5.32 Å². The predicted molar refractivity (Wildman–Crippen MR) is 96.0 cm³/mol. The number of rotatable bonds is 3. The van der Waals surface area contributed by atoms with Crippen molar-refractivity contribution in [3.05, 3.63) is 52.7 Å². The number of anilines is 2. The Kier molecular flexibility index (Phi) is 3.59. The first-order valence-electron chi connectivity index (χ1n) is 7.62. The molecular weight excluding hydrogens is 306 g/mol. The zero-order chi connectivity index (χ0) is 15.8. The lowest BCUT2D eigenvalue weighted by Crippen LogP contribution is -1.96. The first-order chi connectivity index (χ1) is 11.3. The Balaban J connectivity index is 1.74. The Hall–Kier alpha value is -2.24. The molecule has 2 heterocycles. The van der Waals surface area contributed by atoms with Crippen molar-refractivity contribution in [2.75, 3.05) is 12.4 Å². The van der Waals surface area contributed by atoms with E-state index in [0.29, 0.717) is 0 Å². The van der Waals surface area contributed by atoms with Crippen molar-refractivity contribution in [1.82, 2.24) is 4.98 Å². The molecule has 0 saturated carbocycles. The lowest BCUT2D eigenvalue weighted by Gasteiger charge is -2.09. The third kappa shape index (κ3) is 2.42. The van der Waals surface area contributed by atoms with Gasteiger partial charge in [-0.1, -0.05) is 6.07 Å². The van der Waals surface area contributed by atoms with E-state index < -0.39 is 0 Å². The summed E-state index contributed by atoms with van der Waals surface area (Å²) in [6.07, 6.45) is 5.69. The van der Waals surface area contributed by atoms with Crippen LogP contribution in [-0.2, 0) is 13.0 Å². The minimum absolute atomic E-state index is 0.0270. The first kappa shape index (κ1) is 14.4. The van der Waals surface area contributed by atoms with Crippen molar-refractivity contribution in [1.29, 1.82) is 0 Å². The van der Waals surface area contributed by atoms with Gasteiger partial charge in [0.15, 0.2) is 0 Å². The van der Waals surface area contributed by atoms with Crippen molar-refractivity contribution in [3.63, 3.8) is 0 Å². The highest BCUT2D eigenvalue weighted by atomic mass is 32.1. The third-order valence-corrected chi connectivity index (χ3v) is 5.42. The summed E-state index contributed by atoms with van der Waals surface area (Å²) in [5.41, 5.74) is 5.82. The number of aliphatic hydroxyl groups excluding tert-OH is 1. The number of nitrogens with one attached hydrogen (secondary N) is 1. The van der Waals surface area contributed by atoms with Gasteiger partial charge in [-0.25, -0.2) is 0 Å². The van der Waals surface area contributed by atoms with Crippen molar-refractivity contribution >= 4 is 38.5 Å². The molecule has 2 aromatic heterocycles. The number of fused-ring (bicyclic) bond motifs is 2. The van der Waals surface area contributed by atoms with Crippen LogP contribution in [0.3, 0.4) is 0 Å². The van der Waals surface area contributed by atoms with Gasteiger partial charge >= 0.3 is 0 Å². The largest absolute Gasteiger partial charge is 0.391 e. The lowest BCUT2D eigenvalue weighted by atomic mass is 10.1. The molecule has 1 aliphatic rings. The maximum Gasteiger partial charge on any atom is 0.0795 e. The predicted octanol–water partition coefficient (Wildman–Crippen LogP) is 3.90. The van der Waals surface area contributed by atoms with Gasteiger partial charge in [0, 0.05) is 36.2 Å². The summed E-state index contributed by atoms with van der Waals surface area (Å²) in [7, 11) is 1.86. The molecule has 0 saturated heterocycles. The molecule has 0 radical (unpaired) electrons. The number of thiophene rings is 1. The fraction of sp³-hybridized carbons (Fsp3) is 0.222. The van der Waals surface area contributed by atoms with Crippen LogP contribution in [0.2, 0.25) is 0 Å². The van der Waals surface area contributed by atoms with Gasteiger partial charge in [-0.05, 0) is 42.2 Å². The Morgan fingerprint density at radius 1 is 1.30 bits per heavy atom. The van der Waals surface area contributed by atoms with Crippen LogP contribution >= 0.6 is 11.3 Å². The van der Waals surface area contributed by atoms with Crippen LogP contribution in [0.15, 0.2) is 41.7 Å². The zero-order valence-corrected chi connectivity index (χ0v) is 13.7. The highest BCUT2D eigenvalue weighted by molar-refractivity contribution is 7.19. The number of hydrogen-bond donors (Lipinski definition) is 2. The van der Waals surface area contributed by atoms with Crippen molar-refractivity contribution in [2.24, 2.45) is 4.99 Å². The molecule has 0 atom stereocenters. The standard InChI is InChI=1S/C18H17N3OS/c1-19-15-5-2-11-8-12(3-4-13(11)15)21-18-14-6-7-20-9-16(14)23-17(18)10-22/h3-4,6-9,21-22H,2,5,10H2,1H3. The summed E-state index contributed by atoms with van der Waals surface area (Å²) in [5, 5.41) is 14.2. The third-order valence-electron chi connectivity index (χ3n) is 4.30. The van der Waals surface area contributed by atoms with E-state index in [1.165, 1.54) is 16.8 Å². The number of aromatic nitrogens is 1. The van der Waals surface area contributed by atoms with E-state index in [9.17, 15) is 5.11 Å². The molecule has 0 amide bonds. The van der Waals surface area contributed by atoms with Crippen LogP contribution in [0.25, 0.3) is 10.1 Å². The summed E-state index contributed by atoms with van der Waals surface area (Å²) in [6, 6.07) is 8.41. The second-order valence-electron chi connectivity index (χ2n) is 5.60. The molecule has 0 bridgehead atoms. The Bertz CT molecular complexity index is 914. The number of pyridine rings is 1. The summed E-state index contributed by atoms with van der Waals surface area (Å²) in [5.74, 6) is 0. The molecule has 0 fully saturated rings. The molecule has 1 aromatic carbocycles. The molecule has 1 aliphatic carbocycles. The second-order valence-corrected chi connectivity index (χ2v) is 6.73. The van der Waals surface area contributed by atoms with Crippen LogP contribution in [0.4, 0.5) is 11.4 Å². The highest BCUT2D eigenvalue weighted by Gasteiger charge is 2.18. The number of aliphatic hydroxyl groups is 1. The van der Waals surface area contributed by atoms with Crippen molar-refractivity contribution < 1.29 is 5.11 Å². The number of benzene rings is 1. The Labute approximate surface area is 138 Å².